The van der Waals surface area contributed by atoms with E-state index in [1.54, 1.807) is 0 Å². The van der Waals surface area contributed by atoms with Gasteiger partial charge in [-0.3, -0.25) is 0 Å². The Balaban J connectivity index is 1.40. The third-order valence-electron chi connectivity index (χ3n) is 11.0. The molecule has 180 valence electrons. The van der Waals surface area contributed by atoms with Gasteiger partial charge < -0.3 is 9.13 Å². The summed E-state index contributed by atoms with van der Waals surface area (Å²) >= 11 is 0. The molecule has 0 saturated carbocycles. The van der Waals surface area contributed by atoms with E-state index in [1.807, 2.05) is 0 Å². The molecular weight excluding hydrogens is 484 g/mol. The highest BCUT2D eigenvalue weighted by Gasteiger charge is 2.49. The minimum Gasteiger partial charge on any atom is -0.328 e. The van der Waals surface area contributed by atoms with Crippen LogP contribution in [0.4, 0.5) is 0 Å². The van der Waals surface area contributed by atoms with Crippen molar-refractivity contribution in [1.82, 2.24) is 9.13 Å². The molecule has 6 aromatic carbocycles. The van der Waals surface area contributed by atoms with Crippen LogP contribution in [-0.2, 0) is 0 Å². The number of benzene rings is 6. The minimum absolute atomic E-state index is 0.202. The van der Waals surface area contributed by atoms with Crippen molar-refractivity contribution < 1.29 is 0 Å². The Labute approximate surface area is 228 Å². The third kappa shape index (κ3) is 1.51. The summed E-state index contributed by atoms with van der Waals surface area (Å²) in [5.74, 6) is 0. The second-order valence-corrected chi connectivity index (χ2v) is 12.3. The Morgan fingerprint density at radius 2 is 0.575 bits per heavy atom. The lowest BCUT2D eigenvalue weighted by Gasteiger charge is -2.47. The lowest BCUT2D eigenvalue weighted by Crippen LogP contribution is -2.34. The largest absolute Gasteiger partial charge is 0.328 e. The van der Waals surface area contributed by atoms with Crippen molar-refractivity contribution in [2.75, 3.05) is 0 Å². The van der Waals surface area contributed by atoms with Crippen LogP contribution in [0.3, 0.4) is 0 Å². The van der Waals surface area contributed by atoms with Gasteiger partial charge in [0.2, 0.25) is 0 Å². The predicted molar refractivity (Wildman–Crippen MR) is 162 cm³/mol. The number of hydrogen-bond acceptors (Lipinski definition) is 0. The monoisotopic (exact) mass is 502 g/mol. The molecule has 0 bridgehead atoms. The van der Waals surface area contributed by atoms with Crippen LogP contribution in [-0.4, -0.2) is 9.13 Å². The highest BCUT2D eigenvalue weighted by molar-refractivity contribution is 6.22. The molecule has 0 fully saturated rings. The number of para-hydroxylation sites is 4. The predicted octanol–water partition coefficient (Wildman–Crippen LogP) is 9.41. The molecule has 0 N–H and O–H groups in total. The molecule has 2 heteroatoms. The molecule has 0 radical (unpaired) electrons. The van der Waals surface area contributed by atoms with Crippen LogP contribution >= 0.6 is 0 Å². The molecule has 0 saturated heterocycles. The van der Waals surface area contributed by atoms with Gasteiger partial charge in [0.05, 0.1) is 34.2 Å². The molecule has 2 nitrogen and oxygen atoms in total. The Morgan fingerprint density at radius 3 is 0.850 bits per heavy atom. The normalized spacial score (nSPS) is 18.5. The molecule has 0 spiro atoms. The van der Waals surface area contributed by atoms with E-state index in [4.69, 9.17) is 0 Å². The lowest BCUT2D eigenvalue weighted by molar-refractivity contribution is 0.611. The van der Waals surface area contributed by atoms with E-state index >= 15 is 0 Å². The summed E-state index contributed by atoms with van der Waals surface area (Å²) in [4.78, 5) is 0. The zero-order chi connectivity index (χ0) is 25.2. The van der Waals surface area contributed by atoms with Crippen LogP contribution < -0.4 is 0 Å². The SMILES string of the molecule is c1cc2c3c(c1)c1cccc4c1n3C1c3c-2ccc2c3C3c5c(ccc-4c51)-c1cccc4c5cccc-2c5n3c14. The molecule has 1 aliphatic carbocycles. The van der Waals surface area contributed by atoms with Crippen molar-refractivity contribution in [3.63, 3.8) is 0 Å². The van der Waals surface area contributed by atoms with Crippen molar-refractivity contribution in [3.8, 4) is 44.5 Å². The Hall–Kier alpha value is -5.08. The highest BCUT2D eigenvalue weighted by atomic mass is 15.1. The van der Waals surface area contributed by atoms with Crippen LogP contribution in [0.25, 0.3) is 88.1 Å². The first kappa shape index (κ1) is 18.3. The summed E-state index contributed by atoms with van der Waals surface area (Å²) in [5.41, 5.74) is 23.0. The molecule has 6 heterocycles. The number of nitrogens with zero attached hydrogens (tertiary/aromatic N) is 2. The second-order valence-electron chi connectivity index (χ2n) is 12.3. The first-order chi connectivity index (χ1) is 19.9. The van der Waals surface area contributed by atoms with Gasteiger partial charge in [-0.05, 0) is 44.5 Å². The molecule has 40 heavy (non-hydrogen) atoms. The van der Waals surface area contributed by atoms with Crippen molar-refractivity contribution in [3.05, 3.63) is 119 Å². The number of hydrogen-bond donors (Lipinski definition) is 0. The van der Waals surface area contributed by atoms with Crippen molar-refractivity contribution in [2.45, 2.75) is 12.1 Å². The van der Waals surface area contributed by atoms with E-state index in [-0.39, 0.29) is 12.1 Å². The summed E-state index contributed by atoms with van der Waals surface area (Å²) in [6.07, 6.45) is 0. The van der Waals surface area contributed by atoms with Crippen LogP contribution in [0.5, 0.6) is 0 Å². The standard InChI is InChI=1S/C38H18N2/c1-5-21-17-13-14-18-23-7-3-11-27-28-12-4-8-24-20-16-15-19-22-6-2-10-26-25(9-1)33(21)39(34(22)26)37-29(17)30(18)38(32(20)31(19)37)40(35(23)27)36(24)28/h1-16,37-38H. The summed E-state index contributed by atoms with van der Waals surface area (Å²) < 4.78 is 5.47. The summed E-state index contributed by atoms with van der Waals surface area (Å²) in [6.45, 7) is 0. The third-order valence-corrected chi connectivity index (χ3v) is 11.0. The maximum Gasteiger partial charge on any atom is 0.0865 e. The van der Waals surface area contributed by atoms with E-state index in [9.17, 15) is 0 Å². The molecule has 0 atom stereocenters. The van der Waals surface area contributed by atoms with Crippen LogP contribution in [0.1, 0.15) is 34.3 Å². The average molecular weight is 503 g/mol. The first-order valence-electron chi connectivity index (χ1n) is 14.4. The van der Waals surface area contributed by atoms with E-state index in [0.717, 1.165) is 0 Å². The molecular formula is C38H18N2. The quantitative estimate of drug-likeness (QED) is 0.195. The number of rotatable bonds is 0. The van der Waals surface area contributed by atoms with Gasteiger partial charge in [-0.25, -0.2) is 0 Å². The van der Waals surface area contributed by atoms with E-state index < -0.39 is 0 Å². The smallest absolute Gasteiger partial charge is 0.0865 e. The summed E-state index contributed by atoms with van der Waals surface area (Å²) in [6, 6.07) is 38.0. The Morgan fingerprint density at radius 1 is 0.300 bits per heavy atom. The van der Waals surface area contributed by atoms with Gasteiger partial charge in [0.15, 0.2) is 0 Å². The van der Waals surface area contributed by atoms with Gasteiger partial charge in [0.25, 0.3) is 0 Å². The van der Waals surface area contributed by atoms with Crippen molar-refractivity contribution in [2.24, 2.45) is 0 Å². The molecule has 13 rings (SSSR count). The first-order valence-corrected chi connectivity index (χ1v) is 14.4. The Bertz CT molecular complexity index is 2300. The van der Waals surface area contributed by atoms with Crippen LogP contribution in [0, 0.1) is 0 Å². The summed E-state index contributed by atoms with van der Waals surface area (Å²) in [7, 11) is 0. The van der Waals surface area contributed by atoms with E-state index in [2.05, 4.69) is 106 Å². The maximum absolute atomic E-state index is 2.73. The topological polar surface area (TPSA) is 9.86 Å². The van der Waals surface area contributed by atoms with Gasteiger partial charge in [-0.15, -0.1) is 0 Å². The molecule has 5 aliphatic rings. The fraction of sp³-hybridized carbons (Fsp3) is 0.0526. The van der Waals surface area contributed by atoms with Crippen LogP contribution in [0.2, 0.25) is 0 Å². The van der Waals surface area contributed by atoms with Gasteiger partial charge in [0, 0.05) is 43.8 Å². The molecule has 2 aromatic heterocycles. The number of aromatic nitrogens is 2. The van der Waals surface area contributed by atoms with Gasteiger partial charge in [-0.2, -0.15) is 0 Å². The van der Waals surface area contributed by atoms with Crippen molar-refractivity contribution >= 4 is 43.6 Å². The van der Waals surface area contributed by atoms with Crippen LogP contribution in [0.15, 0.2) is 97.1 Å². The van der Waals surface area contributed by atoms with Gasteiger partial charge in [0.1, 0.15) is 0 Å². The van der Waals surface area contributed by atoms with Crippen molar-refractivity contribution in [1.29, 1.82) is 0 Å². The second kappa shape index (κ2) is 5.35. The lowest BCUT2D eigenvalue weighted by atomic mass is 9.66. The minimum atomic E-state index is 0.202. The zero-order valence-electron chi connectivity index (χ0n) is 21.3. The van der Waals surface area contributed by atoms with E-state index in [0.29, 0.717) is 0 Å². The molecule has 0 amide bonds. The fourth-order valence-electron chi connectivity index (χ4n) is 9.89. The molecule has 8 aromatic rings. The Kier molecular flexibility index (Phi) is 2.44. The zero-order valence-corrected chi connectivity index (χ0v) is 21.3. The molecule has 0 unspecified atom stereocenters. The average Bonchev–Trinajstić information content (AvgIpc) is 3.53. The highest BCUT2D eigenvalue weighted by Crippen LogP contribution is 2.65. The van der Waals surface area contributed by atoms with Gasteiger partial charge >= 0.3 is 0 Å². The van der Waals surface area contributed by atoms with E-state index in [1.165, 1.54) is 110 Å². The molecule has 4 aliphatic heterocycles. The maximum atomic E-state index is 2.73. The fourth-order valence-corrected chi connectivity index (χ4v) is 9.89. The summed E-state index contributed by atoms with van der Waals surface area (Å²) in [5, 5.41) is 5.52. The van der Waals surface area contributed by atoms with Gasteiger partial charge in [-0.1, -0.05) is 97.1 Å². The number of fused-ring (bicyclic) bond motifs is 6.